The third-order valence-electron chi connectivity index (χ3n) is 4.50. The predicted molar refractivity (Wildman–Crippen MR) is 88.4 cm³/mol. The van der Waals surface area contributed by atoms with Gasteiger partial charge in [0, 0.05) is 18.0 Å². The summed E-state index contributed by atoms with van der Waals surface area (Å²) in [6.45, 7) is 4.93. The molecule has 3 nitrogen and oxygen atoms in total. The summed E-state index contributed by atoms with van der Waals surface area (Å²) in [5, 5.41) is 0. The van der Waals surface area contributed by atoms with Crippen molar-refractivity contribution in [3.63, 3.8) is 0 Å². The normalized spacial score (nSPS) is 21.7. The van der Waals surface area contributed by atoms with Crippen LogP contribution in [-0.2, 0) is 11.3 Å². The molecule has 22 heavy (non-hydrogen) atoms. The van der Waals surface area contributed by atoms with Gasteiger partial charge < -0.3 is 4.74 Å². The largest absolute Gasteiger partial charge is 0.370 e. The van der Waals surface area contributed by atoms with Gasteiger partial charge >= 0.3 is 0 Å². The number of nitrogens with zero attached hydrogens (tertiary/aromatic N) is 2. The van der Waals surface area contributed by atoms with Crippen LogP contribution in [0.25, 0.3) is 11.1 Å². The molecule has 0 atom stereocenters. The van der Waals surface area contributed by atoms with E-state index in [2.05, 4.69) is 48.1 Å². The summed E-state index contributed by atoms with van der Waals surface area (Å²) in [5.41, 5.74) is 3.46. The van der Waals surface area contributed by atoms with Gasteiger partial charge in [-0.1, -0.05) is 36.8 Å². The highest BCUT2D eigenvalue weighted by Crippen LogP contribution is 2.26. The number of aryl methyl sites for hydroxylation is 1. The van der Waals surface area contributed by atoms with Crippen molar-refractivity contribution in [2.45, 2.75) is 52.2 Å². The van der Waals surface area contributed by atoms with Crippen LogP contribution in [0.3, 0.4) is 0 Å². The summed E-state index contributed by atoms with van der Waals surface area (Å²) in [5.74, 6) is 1.62. The number of benzene rings is 1. The average molecular weight is 296 g/mol. The van der Waals surface area contributed by atoms with Crippen LogP contribution in [0.1, 0.15) is 44.0 Å². The molecule has 0 unspecified atom stereocenters. The van der Waals surface area contributed by atoms with Crippen LogP contribution in [0.2, 0.25) is 0 Å². The van der Waals surface area contributed by atoms with E-state index in [4.69, 9.17) is 4.74 Å². The predicted octanol–water partition coefficient (Wildman–Crippen LogP) is 4.55. The topological polar surface area (TPSA) is 35.0 Å². The van der Waals surface area contributed by atoms with Crippen LogP contribution in [-0.4, -0.2) is 16.1 Å². The van der Waals surface area contributed by atoms with Crippen molar-refractivity contribution in [3.8, 4) is 11.1 Å². The first kappa shape index (κ1) is 15.2. The van der Waals surface area contributed by atoms with E-state index in [1.807, 2.05) is 12.4 Å². The minimum absolute atomic E-state index is 0.386. The van der Waals surface area contributed by atoms with Crippen molar-refractivity contribution < 1.29 is 4.74 Å². The van der Waals surface area contributed by atoms with Gasteiger partial charge in [-0.15, -0.1) is 0 Å². The van der Waals surface area contributed by atoms with Gasteiger partial charge in [0.05, 0.1) is 6.10 Å². The van der Waals surface area contributed by atoms with Crippen LogP contribution in [0.4, 0.5) is 0 Å². The van der Waals surface area contributed by atoms with Crippen molar-refractivity contribution in [3.05, 3.63) is 48.0 Å². The maximum absolute atomic E-state index is 5.95. The lowest BCUT2D eigenvalue weighted by Gasteiger charge is -2.25. The standard InChI is InChI=1S/C19H24N2O/c1-14-3-7-16(8-4-14)17-11-20-19(21-12-17)13-22-18-9-5-15(2)6-10-18/h3-4,7-8,11-12,15,18H,5-6,9-10,13H2,1-2H3. The van der Waals surface area contributed by atoms with Crippen molar-refractivity contribution in [1.82, 2.24) is 9.97 Å². The number of rotatable bonds is 4. The number of hydrogen-bond donors (Lipinski definition) is 0. The van der Waals surface area contributed by atoms with Crippen molar-refractivity contribution in [1.29, 1.82) is 0 Å². The summed E-state index contributed by atoms with van der Waals surface area (Å²) < 4.78 is 5.95. The van der Waals surface area contributed by atoms with E-state index in [9.17, 15) is 0 Å². The van der Waals surface area contributed by atoms with Gasteiger partial charge in [-0.05, 0) is 44.1 Å². The Balaban J connectivity index is 1.56. The first-order valence-electron chi connectivity index (χ1n) is 8.20. The Bertz CT molecular complexity index is 584. The summed E-state index contributed by atoms with van der Waals surface area (Å²) in [4.78, 5) is 8.88. The minimum atomic E-state index is 0.386. The summed E-state index contributed by atoms with van der Waals surface area (Å²) in [7, 11) is 0. The van der Waals surface area contributed by atoms with E-state index in [0.29, 0.717) is 12.7 Å². The lowest BCUT2D eigenvalue weighted by Crippen LogP contribution is -2.20. The Morgan fingerprint density at radius 1 is 0.955 bits per heavy atom. The van der Waals surface area contributed by atoms with E-state index in [0.717, 1.165) is 22.9 Å². The number of ether oxygens (including phenoxy) is 1. The maximum Gasteiger partial charge on any atom is 0.153 e. The lowest BCUT2D eigenvalue weighted by atomic mass is 9.89. The van der Waals surface area contributed by atoms with Gasteiger partial charge in [-0.25, -0.2) is 9.97 Å². The highest BCUT2D eigenvalue weighted by atomic mass is 16.5. The smallest absolute Gasteiger partial charge is 0.153 e. The van der Waals surface area contributed by atoms with E-state index in [-0.39, 0.29) is 0 Å². The third kappa shape index (κ3) is 3.92. The van der Waals surface area contributed by atoms with E-state index >= 15 is 0 Å². The van der Waals surface area contributed by atoms with Gasteiger partial charge in [0.2, 0.25) is 0 Å². The Labute approximate surface area is 132 Å². The highest BCUT2D eigenvalue weighted by molar-refractivity contribution is 5.61. The zero-order valence-corrected chi connectivity index (χ0v) is 13.5. The second kappa shape index (κ2) is 7.01. The average Bonchev–Trinajstić information content (AvgIpc) is 2.56. The molecule has 0 N–H and O–H groups in total. The molecule has 1 aliphatic carbocycles. The van der Waals surface area contributed by atoms with Gasteiger partial charge in [0.15, 0.2) is 5.82 Å². The molecule has 1 fully saturated rings. The molecule has 1 aliphatic rings. The second-order valence-electron chi connectivity index (χ2n) is 6.45. The zero-order valence-electron chi connectivity index (χ0n) is 13.5. The molecule has 0 aliphatic heterocycles. The summed E-state index contributed by atoms with van der Waals surface area (Å²) in [6.07, 6.45) is 9.05. The molecular formula is C19H24N2O. The Morgan fingerprint density at radius 3 is 2.23 bits per heavy atom. The van der Waals surface area contributed by atoms with Crippen LogP contribution >= 0.6 is 0 Å². The SMILES string of the molecule is Cc1ccc(-c2cnc(COC3CCC(C)CC3)nc2)cc1. The van der Waals surface area contributed by atoms with Crippen LogP contribution < -0.4 is 0 Å². The molecule has 1 saturated carbocycles. The molecule has 0 amide bonds. The second-order valence-corrected chi connectivity index (χ2v) is 6.45. The molecular weight excluding hydrogens is 272 g/mol. The third-order valence-corrected chi connectivity index (χ3v) is 4.50. The first-order chi connectivity index (χ1) is 10.7. The zero-order chi connectivity index (χ0) is 15.4. The highest BCUT2D eigenvalue weighted by Gasteiger charge is 2.18. The van der Waals surface area contributed by atoms with Crippen LogP contribution in [0, 0.1) is 12.8 Å². The van der Waals surface area contributed by atoms with Crippen molar-refractivity contribution in [2.75, 3.05) is 0 Å². The van der Waals surface area contributed by atoms with Gasteiger partial charge in [0.1, 0.15) is 6.61 Å². The molecule has 2 aromatic rings. The fraction of sp³-hybridized carbons (Fsp3) is 0.474. The molecule has 1 aromatic carbocycles. The molecule has 0 bridgehead atoms. The van der Waals surface area contributed by atoms with Crippen LogP contribution in [0.5, 0.6) is 0 Å². The van der Waals surface area contributed by atoms with E-state index in [1.165, 1.54) is 31.2 Å². The quantitative estimate of drug-likeness (QED) is 0.830. The monoisotopic (exact) mass is 296 g/mol. The molecule has 0 saturated heterocycles. The molecule has 1 aromatic heterocycles. The van der Waals surface area contributed by atoms with Gasteiger partial charge in [0.25, 0.3) is 0 Å². The maximum atomic E-state index is 5.95. The Morgan fingerprint density at radius 2 is 1.59 bits per heavy atom. The fourth-order valence-corrected chi connectivity index (χ4v) is 2.91. The van der Waals surface area contributed by atoms with Crippen molar-refractivity contribution >= 4 is 0 Å². The molecule has 1 heterocycles. The van der Waals surface area contributed by atoms with E-state index < -0.39 is 0 Å². The lowest BCUT2D eigenvalue weighted by molar-refractivity contribution is 0.00565. The van der Waals surface area contributed by atoms with E-state index in [1.54, 1.807) is 0 Å². The minimum Gasteiger partial charge on any atom is -0.370 e. The van der Waals surface area contributed by atoms with Gasteiger partial charge in [-0.2, -0.15) is 0 Å². The van der Waals surface area contributed by atoms with Crippen molar-refractivity contribution in [2.24, 2.45) is 5.92 Å². The Hall–Kier alpha value is -1.74. The number of hydrogen-bond acceptors (Lipinski definition) is 3. The molecule has 3 rings (SSSR count). The molecule has 0 spiro atoms. The molecule has 3 heteroatoms. The summed E-state index contributed by atoms with van der Waals surface area (Å²) >= 11 is 0. The molecule has 0 radical (unpaired) electrons. The molecule has 116 valence electrons. The Kier molecular flexibility index (Phi) is 4.84. The van der Waals surface area contributed by atoms with Crippen LogP contribution in [0.15, 0.2) is 36.7 Å². The van der Waals surface area contributed by atoms with Gasteiger partial charge in [-0.3, -0.25) is 0 Å². The number of aromatic nitrogens is 2. The summed E-state index contributed by atoms with van der Waals surface area (Å²) in [6, 6.07) is 8.42. The first-order valence-corrected chi connectivity index (χ1v) is 8.20. The fourth-order valence-electron chi connectivity index (χ4n) is 2.91.